The molecule has 2 rings (SSSR count). The number of ether oxygens (including phenoxy) is 1. The molecule has 1 unspecified atom stereocenters. The molecule has 4 heteroatoms. The lowest BCUT2D eigenvalue weighted by Gasteiger charge is -2.16. The summed E-state index contributed by atoms with van der Waals surface area (Å²) in [6.45, 7) is 7.15. The van der Waals surface area contributed by atoms with E-state index in [-0.39, 0.29) is 6.04 Å². The zero-order valence-corrected chi connectivity index (χ0v) is 12.6. The van der Waals surface area contributed by atoms with Gasteiger partial charge in [-0.15, -0.1) is 0 Å². The molecule has 0 aliphatic rings. The highest BCUT2D eigenvalue weighted by Crippen LogP contribution is 2.22. The summed E-state index contributed by atoms with van der Waals surface area (Å²) in [5, 5.41) is 7.67. The average molecular weight is 273 g/mol. The SMILES string of the molecule is CC(C)COc1cccc(NC(C)c2ccnn2C)c1. The minimum Gasteiger partial charge on any atom is -0.493 e. The summed E-state index contributed by atoms with van der Waals surface area (Å²) < 4.78 is 7.63. The van der Waals surface area contributed by atoms with E-state index in [4.69, 9.17) is 4.74 Å². The van der Waals surface area contributed by atoms with Crippen molar-refractivity contribution in [1.29, 1.82) is 0 Å². The van der Waals surface area contributed by atoms with E-state index in [0.717, 1.165) is 23.7 Å². The second kappa shape index (κ2) is 6.46. The van der Waals surface area contributed by atoms with Crippen molar-refractivity contribution in [2.45, 2.75) is 26.8 Å². The Morgan fingerprint density at radius 1 is 1.25 bits per heavy atom. The summed E-state index contributed by atoms with van der Waals surface area (Å²) in [5.41, 5.74) is 2.21. The standard InChI is InChI=1S/C16H23N3O/c1-12(2)11-20-15-7-5-6-14(10-15)18-13(3)16-8-9-17-19(16)4/h5-10,12-13,18H,11H2,1-4H3. The Morgan fingerprint density at radius 3 is 2.70 bits per heavy atom. The molecule has 0 bridgehead atoms. The maximum Gasteiger partial charge on any atom is 0.121 e. The summed E-state index contributed by atoms with van der Waals surface area (Å²) in [4.78, 5) is 0. The number of aromatic nitrogens is 2. The van der Waals surface area contributed by atoms with Gasteiger partial charge in [-0.05, 0) is 31.0 Å². The Hall–Kier alpha value is -1.97. The molecular formula is C16H23N3O. The van der Waals surface area contributed by atoms with Crippen LogP contribution in [0, 0.1) is 5.92 Å². The zero-order chi connectivity index (χ0) is 14.5. The van der Waals surface area contributed by atoms with E-state index in [0.29, 0.717) is 5.92 Å². The van der Waals surface area contributed by atoms with Crippen LogP contribution >= 0.6 is 0 Å². The number of benzene rings is 1. The van der Waals surface area contributed by atoms with Crippen LogP contribution in [0.5, 0.6) is 5.75 Å². The number of nitrogens with one attached hydrogen (secondary N) is 1. The van der Waals surface area contributed by atoms with Crippen molar-refractivity contribution in [2.24, 2.45) is 13.0 Å². The second-order valence-corrected chi connectivity index (χ2v) is 5.48. The first kappa shape index (κ1) is 14.4. The first-order chi connectivity index (χ1) is 9.56. The monoisotopic (exact) mass is 273 g/mol. The van der Waals surface area contributed by atoms with Gasteiger partial charge in [-0.1, -0.05) is 19.9 Å². The van der Waals surface area contributed by atoms with Crippen LogP contribution in [-0.2, 0) is 7.05 Å². The fraction of sp³-hybridized carbons (Fsp3) is 0.438. The molecule has 1 atom stereocenters. The summed E-state index contributed by atoms with van der Waals surface area (Å²) >= 11 is 0. The molecular weight excluding hydrogens is 250 g/mol. The lowest BCUT2D eigenvalue weighted by molar-refractivity contribution is 0.271. The van der Waals surface area contributed by atoms with Crippen molar-refractivity contribution >= 4 is 5.69 Å². The topological polar surface area (TPSA) is 39.1 Å². The number of hydrogen-bond acceptors (Lipinski definition) is 3. The number of hydrogen-bond donors (Lipinski definition) is 1. The van der Waals surface area contributed by atoms with Crippen LogP contribution in [0.3, 0.4) is 0 Å². The largest absolute Gasteiger partial charge is 0.493 e. The maximum atomic E-state index is 5.75. The van der Waals surface area contributed by atoms with Crippen LogP contribution in [0.2, 0.25) is 0 Å². The van der Waals surface area contributed by atoms with Crippen LogP contribution in [0.4, 0.5) is 5.69 Å². The predicted octanol–water partition coefficient (Wildman–Crippen LogP) is 3.63. The van der Waals surface area contributed by atoms with Gasteiger partial charge in [0, 0.05) is 25.0 Å². The quantitative estimate of drug-likeness (QED) is 0.873. The molecule has 20 heavy (non-hydrogen) atoms. The number of aryl methyl sites for hydroxylation is 1. The smallest absolute Gasteiger partial charge is 0.121 e. The molecule has 1 aromatic carbocycles. The molecule has 0 aliphatic heterocycles. The van der Waals surface area contributed by atoms with Gasteiger partial charge in [-0.25, -0.2) is 0 Å². The molecule has 1 heterocycles. The Kier molecular flexibility index (Phi) is 4.66. The molecule has 0 saturated heterocycles. The maximum absolute atomic E-state index is 5.75. The minimum atomic E-state index is 0.197. The van der Waals surface area contributed by atoms with Gasteiger partial charge in [0.25, 0.3) is 0 Å². The van der Waals surface area contributed by atoms with Crippen molar-refractivity contribution < 1.29 is 4.74 Å². The molecule has 108 valence electrons. The van der Waals surface area contributed by atoms with Gasteiger partial charge < -0.3 is 10.1 Å². The Morgan fingerprint density at radius 2 is 2.05 bits per heavy atom. The Balaban J connectivity index is 2.02. The van der Waals surface area contributed by atoms with Crippen molar-refractivity contribution in [3.63, 3.8) is 0 Å². The van der Waals surface area contributed by atoms with Crippen LogP contribution < -0.4 is 10.1 Å². The van der Waals surface area contributed by atoms with E-state index in [2.05, 4.69) is 37.3 Å². The molecule has 0 fully saturated rings. The third-order valence-corrected chi connectivity index (χ3v) is 3.10. The third-order valence-electron chi connectivity index (χ3n) is 3.10. The number of rotatable bonds is 6. The molecule has 0 saturated carbocycles. The van der Waals surface area contributed by atoms with Gasteiger partial charge in [0.05, 0.1) is 18.3 Å². The van der Waals surface area contributed by atoms with E-state index >= 15 is 0 Å². The van der Waals surface area contributed by atoms with Crippen molar-refractivity contribution in [2.75, 3.05) is 11.9 Å². The number of nitrogens with zero attached hydrogens (tertiary/aromatic N) is 2. The van der Waals surface area contributed by atoms with E-state index < -0.39 is 0 Å². The zero-order valence-electron chi connectivity index (χ0n) is 12.6. The van der Waals surface area contributed by atoms with Crippen molar-refractivity contribution in [1.82, 2.24) is 9.78 Å². The highest BCUT2D eigenvalue weighted by atomic mass is 16.5. The van der Waals surface area contributed by atoms with Crippen LogP contribution in [-0.4, -0.2) is 16.4 Å². The first-order valence-corrected chi connectivity index (χ1v) is 7.03. The van der Waals surface area contributed by atoms with Crippen LogP contribution in [0.25, 0.3) is 0 Å². The second-order valence-electron chi connectivity index (χ2n) is 5.48. The lowest BCUT2D eigenvalue weighted by Crippen LogP contribution is -2.11. The average Bonchev–Trinajstić information content (AvgIpc) is 2.83. The van der Waals surface area contributed by atoms with Gasteiger partial charge in [0.15, 0.2) is 0 Å². The predicted molar refractivity (Wildman–Crippen MR) is 82.0 cm³/mol. The Bertz CT molecular complexity index is 548. The molecule has 2 aromatic rings. The first-order valence-electron chi connectivity index (χ1n) is 7.03. The van der Waals surface area contributed by atoms with Crippen LogP contribution in [0.1, 0.15) is 32.5 Å². The van der Waals surface area contributed by atoms with Gasteiger partial charge >= 0.3 is 0 Å². The van der Waals surface area contributed by atoms with Gasteiger partial charge in [0.1, 0.15) is 5.75 Å². The van der Waals surface area contributed by atoms with Crippen molar-refractivity contribution in [3.8, 4) is 5.75 Å². The summed E-state index contributed by atoms with van der Waals surface area (Å²) in [6, 6.07) is 10.3. The lowest BCUT2D eigenvalue weighted by atomic mass is 10.2. The van der Waals surface area contributed by atoms with E-state index in [9.17, 15) is 0 Å². The molecule has 0 spiro atoms. The molecule has 1 aromatic heterocycles. The minimum absolute atomic E-state index is 0.197. The van der Waals surface area contributed by atoms with E-state index in [1.54, 1.807) is 0 Å². The van der Waals surface area contributed by atoms with Gasteiger partial charge in [0.2, 0.25) is 0 Å². The molecule has 1 N–H and O–H groups in total. The fourth-order valence-electron chi connectivity index (χ4n) is 2.07. The highest BCUT2D eigenvalue weighted by Gasteiger charge is 2.09. The normalized spacial score (nSPS) is 12.4. The summed E-state index contributed by atoms with van der Waals surface area (Å²) in [6.07, 6.45) is 1.82. The molecule has 0 amide bonds. The summed E-state index contributed by atoms with van der Waals surface area (Å²) in [7, 11) is 1.95. The number of anilines is 1. The van der Waals surface area contributed by atoms with Gasteiger partial charge in [-0.3, -0.25) is 4.68 Å². The Labute approximate surface area is 120 Å². The fourth-order valence-corrected chi connectivity index (χ4v) is 2.07. The highest BCUT2D eigenvalue weighted by molar-refractivity contribution is 5.49. The molecule has 4 nitrogen and oxygen atoms in total. The summed E-state index contributed by atoms with van der Waals surface area (Å²) in [5.74, 6) is 1.43. The molecule has 0 aliphatic carbocycles. The van der Waals surface area contributed by atoms with Crippen molar-refractivity contribution in [3.05, 3.63) is 42.2 Å². The van der Waals surface area contributed by atoms with Crippen LogP contribution in [0.15, 0.2) is 36.5 Å². The third kappa shape index (κ3) is 3.76. The van der Waals surface area contributed by atoms with Gasteiger partial charge in [-0.2, -0.15) is 5.10 Å². The molecule has 0 radical (unpaired) electrons. The van der Waals surface area contributed by atoms with E-state index in [1.807, 2.05) is 42.2 Å². The van der Waals surface area contributed by atoms with E-state index in [1.165, 1.54) is 0 Å².